The zero-order valence-electron chi connectivity index (χ0n) is 13.4. The molecule has 0 bridgehead atoms. The highest BCUT2D eigenvalue weighted by Crippen LogP contribution is 2.13. The van der Waals surface area contributed by atoms with E-state index in [4.69, 9.17) is 4.74 Å². The smallest absolute Gasteiger partial charge is 0.337 e. The second-order valence-electron chi connectivity index (χ2n) is 5.17. The van der Waals surface area contributed by atoms with E-state index in [1.165, 1.54) is 31.4 Å². The minimum Gasteiger partial charge on any atom is -0.492 e. The van der Waals surface area contributed by atoms with E-state index in [1.807, 2.05) is 18.2 Å². The number of benzene rings is 2. The van der Waals surface area contributed by atoms with Crippen LogP contribution in [0.5, 0.6) is 5.75 Å². The van der Waals surface area contributed by atoms with Crippen molar-refractivity contribution in [3.63, 3.8) is 0 Å². The summed E-state index contributed by atoms with van der Waals surface area (Å²) >= 11 is 0. The van der Waals surface area contributed by atoms with Gasteiger partial charge in [-0.15, -0.1) is 0 Å². The van der Waals surface area contributed by atoms with Gasteiger partial charge < -0.3 is 9.47 Å². The first-order valence-corrected chi connectivity index (χ1v) is 8.79. The summed E-state index contributed by atoms with van der Waals surface area (Å²) in [5, 5.41) is 0. The Hall–Kier alpha value is -2.38. The van der Waals surface area contributed by atoms with Gasteiger partial charge in [-0.05, 0) is 37.3 Å². The third kappa shape index (κ3) is 4.81. The van der Waals surface area contributed by atoms with Crippen LogP contribution in [-0.4, -0.2) is 34.1 Å². The fourth-order valence-corrected chi connectivity index (χ4v) is 3.29. The predicted octanol–water partition coefficient (Wildman–Crippen LogP) is 2.22. The van der Waals surface area contributed by atoms with E-state index in [9.17, 15) is 13.2 Å². The topological polar surface area (TPSA) is 81.7 Å². The van der Waals surface area contributed by atoms with Crippen molar-refractivity contribution in [1.29, 1.82) is 0 Å². The molecule has 128 valence electrons. The van der Waals surface area contributed by atoms with Crippen molar-refractivity contribution in [3.8, 4) is 5.75 Å². The Morgan fingerprint density at radius 1 is 1.12 bits per heavy atom. The molecule has 0 aliphatic carbocycles. The van der Waals surface area contributed by atoms with Crippen LogP contribution in [0.15, 0.2) is 59.5 Å². The standard InChI is InChI=1S/C17H19NO5S/c1-13(12-23-15-8-4-3-5-9-15)18-24(20,21)16-10-6-7-14(11-16)17(19)22-2/h3-11,13,18H,12H2,1-2H3/t13-/m1/s1. The van der Waals surface area contributed by atoms with Crippen LogP contribution >= 0.6 is 0 Å². The van der Waals surface area contributed by atoms with Gasteiger partial charge in [-0.1, -0.05) is 24.3 Å². The predicted molar refractivity (Wildman–Crippen MR) is 89.5 cm³/mol. The molecular weight excluding hydrogens is 330 g/mol. The number of methoxy groups -OCH3 is 1. The van der Waals surface area contributed by atoms with Crippen LogP contribution < -0.4 is 9.46 Å². The van der Waals surface area contributed by atoms with E-state index in [1.54, 1.807) is 19.1 Å². The average Bonchev–Trinajstić information content (AvgIpc) is 2.60. The molecule has 7 heteroatoms. The molecule has 0 fully saturated rings. The van der Waals surface area contributed by atoms with E-state index in [2.05, 4.69) is 9.46 Å². The maximum atomic E-state index is 12.4. The number of esters is 1. The number of sulfonamides is 1. The monoisotopic (exact) mass is 349 g/mol. The maximum Gasteiger partial charge on any atom is 0.337 e. The first kappa shape index (κ1) is 18.0. The van der Waals surface area contributed by atoms with Gasteiger partial charge in [-0.25, -0.2) is 17.9 Å². The van der Waals surface area contributed by atoms with Gasteiger partial charge in [-0.2, -0.15) is 0 Å². The molecule has 6 nitrogen and oxygen atoms in total. The number of carbonyl (C=O) groups excluding carboxylic acids is 1. The lowest BCUT2D eigenvalue weighted by Crippen LogP contribution is -2.36. The molecule has 2 aromatic carbocycles. The van der Waals surface area contributed by atoms with Crippen LogP contribution in [0.4, 0.5) is 0 Å². The van der Waals surface area contributed by atoms with Crippen LogP contribution in [0.25, 0.3) is 0 Å². The van der Waals surface area contributed by atoms with Gasteiger partial charge in [0.2, 0.25) is 10.0 Å². The molecule has 0 saturated carbocycles. The molecule has 0 unspecified atom stereocenters. The number of carbonyl (C=O) groups is 1. The molecule has 0 aromatic heterocycles. The summed E-state index contributed by atoms with van der Waals surface area (Å²) in [6, 6.07) is 14.4. The molecule has 2 rings (SSSR count). The summed E-state index contributed by atoms with van der Waals surface area (Å²) in [6.45, 7) is 1.88. The van der Waals surface area contributed by atoms with E-state index >= 15 is 0 Å². The van der Waals surface area contributed by atoms with E-state index in [0.717, 1.165) is 0 Å². The van der Waals surface area contributed by atoms with Gasteiger partial charge in [0.05, 0.1) is 23.6 Å². The number of para-hydroxylation sites is 1. The maximum absolute atomic E-state index is 12.4. The first-order valence-electron chi connectivity index (χ1n) is 7.31. The van der Waals surface area contributed by atoms with Crippen molar-refractivity contribution >= 4 is 16.0 Å². The Bertz CT molecular complexity index is 790. The molecule has 0 aliphatic rings. The molecule has 0 spiro atoms. The highest BCUT2D eigenvalue weighted by molar-refractivity contribution is 7.89. The Morgan fingerprint density at radius 2 is 1.83 bits per heavy atom. The molecule has 1 atom stereocenters. The zero-order chi connectivity index (χ0) is 17.6. The summed E-state index contributed by atoms with van der Waals surface area (Å²) in [7, 11) is -2.53. The van der Waals surface area contributed by atoms with Crippen LogP contribution in [0.3, 0.4) is 0 Å². The van der Waals surface area contributed by atoms with Crippen LogP contribution in [0.1, 0.15) is 17.3 Å². The van der Waals surface area contributed by atoms with Crippen molar-refractivity contribution < 1.29 is 22.7 Å². The molecule has 0 saturated heterocycles. The fraction of sp³-hybridized carbons (Fsp3) is 0.235. The van der Waals surface area contributed by atoms with Gasteiger partial charge in [0.25, 0.3) is 0 Å². The lowest BCUT2D eigenvalue weighted by molar-refractivity contribution is 0.0600. The summed E-state index contributed by atoms with van der Waals surface area (Å²) in [5.74, 6) is 0.0729. The molecule has 0 radical (unpaired) electrons. The molecule has 0 heterocycles. The normalized spacial score (nSPS) is 12.4. The highest BCUT2D eigenvalue weighted by Gasteiger charge is 2.19. The number of ether oxygens (including phenoxy) is 2. The quantitative estimate of drug-likeness (QED) is 0.775. The van der Waals surface area contributed by atoms with Crippen molar-refractivity contribution in [1.82, 2.24) is 4.72 Å². The number of nitrogens with one attached hydrogen (secondary N) is 1. The summed E-state index contributed by atoms with van der Waals surface area (Å²) in [5.41, 5.74) is 0.175. The third-order valence-electron chi connectivity index (χ3n) is 3.16. The van der Waals surface area contributed by atoms with Crippen molar-refractivity contribution in [3.05, 3.63) is 60.2 Å². The Kier molecular flexibility index (Phi) is 5.94. The zero-order valence-corrected chi connectivity index (χ0v) is 14.2. The number of rotatable bonds is 7. The average molecular weight is 349 g/mol. The molecular formula is C17H19NO5S. The summed E-state index contributed by atoms with van der Waals surface area (Å²) in [4.78, 5) is 11.5. The SMILES string of the molecule is COC(=O)c1cccc(S(=O)(=O)N[C@H](C)COc2ccccc2)c1. The largest absolute Gasteiger partial charge is 0.492 e. The van der Waals surface area contributed by atoms with Crippen LogP contribution in [0, 0.1) is 0 Å². The third-order valence-corrected chi connectivity index (χ3v) is 4.75. The number of hydrogen-bond acceptors (Lipinski definition) is 5. The van der Waals surface area contributed by atoms with Gasteiger partial charge in [0.1, 0.15) is 12.4 Å². The van der Waals surface area contributed by atoms with Crippen molar-refractivity contribution in [2.75, 3.05) is 13.7 Å². The lowest BCUT2D eigenvalue weighted by Gasteiger charge is -2.15. The molecule has 24 heavy (non-hydrogen) atoms. The minimum atomic E-state index is -3.77. The molecule has 0 aliphatic heterocycles. The van der Waals surface area contributed by atoms with Gasteiger partial charge in [-0.3, -0.25) is 0 Å². The molecule has 0 amide bonds. The van der Waals surface area contributed by atoms with Crippen molar-refractivity contribution in [2.45, 2.75) is 17.9 Å². The highest BCUT2D eigenvalue weighted by atomic mass is 32.2. The Morgan fingerprint density at radius 3 is 2.50 bits per heavy atom. The van der Waals surface area contributed by atoms with Gasteiger partial charge in [0.15, 0.2) is 0 Å². The molecule has 1 N–H and O–H groups in total. The number of hydrogen-bond donors (Lipinski definition) is 1. The van der Waals surface area contributed by atoms with E-state index < -0.39 is 22.0 Å². The van der Waals surface area contributed by atoms with Gasteiger partial charge >= 0.3 is 5.97 Å². The lowest BCUT2D eigenvalue weighted by atomic mass is 10.2. The molecule has 2 aromatic rings. The van der Waals surface area contributed by atoms with Gasteiger partial charge in [0, 0.05) is 0 Å². The Balaban J connectivity index is 2.03. The first-order chi connectivity index (χ1) is 11.4. The fourth-order valence-electron chi connectivity index (χ4n) is 2.01. The van der Waals surface area contributed by atoms with E-state index in [0.29, 0.717) is 5.75 Å². The second-order valence-corrected chi connectivity index (χ2v) is 6.88. The van der Waals surface area contributed by atoms with Crippen LogP contribution in [0.2, 0.25) is 0 Å². The summed E-state index contributed by atoms with van der Waals surface area (Å²) < 4.78 is 37.4. The summed E-state index contributed by atoms with van der Waals surface area (Å²) in [6.07, 6.45) is 0. The van der Waals surface area contributed by atoms with Crippen LogP contribution in [-0.2, 0) is 14.8 Å². The second kappa shape index (κ2) is 7.94. The minimum absolute atomic E-state index is 0.00281. The van der Waals surface area contributed by atoms with Crippen molar-refractivity contribution in [2.24, 2.45) is 0 Å². The Labute approximate surface area is 141 Å². The van der Waals surface area contributed by atoms with E-state index in [-0.39, 0.29) is 17.1 Å².